The molecule has 2 unspecified atom stereocenters. The molecule has 0 aliphatic carbocycles. The Morgan fingerprint density at radius 1 is 1.40 bits per heavy atom. The van der Waals surface area contributed by atoms with E-state index in [1.165, 1.54) is 12.1 Å². The summed E-state index contributed by atoms with van der Waals surface area (Å²) in [6, 6.07) is 3.92. The molecule has 0 saturated carbocycles. The molecule has 2 heterocycles. The van der Waals surface area contributed by atoms with E-state index in [2.05, 4.69) is 10.1 Å². The minimum atomic E-state index is -0.728. The van der Waals surface area contributed by atoms with E-state index in [0.717, 1.165) is 18.9 Å². The van der Waals surface area contributed by atoms with Crippen molar-refractivity contribution in [2.24, 2.45) is 5.73 Å². The van der Waals surface area contributed by atoms with Gasteiger partial charge >= 0.3 is 0 Å². The zero-order valence-corrected chi connectivity index (χ0v) is 10.6. The minimum Gasteiger partial charge on any atom is -0.505 e. The molecule has 1 aliphatic heterocycles. The first-order chi connectivity index (χ1) is 9.67. The van der Waals surface area contributed by atoms with Crippen molar-refractivity contribution in [3.63, 3.8) is 0 Å². The standard InChI is InChI=1S/C13H14FN3O3/c14-9-5-7(1-3-10(9)18)12-16-13(20-17-12)11-4-2-8(6-15)19-11/h1,3,5,8,11,18H,2,4,6,15H2. The van der Waals surface area contributed by atoms with Gasteiger partial charge in [0, 0.05) is 12.1 Å². The van der Waals surface area contributed by atoms with E-state index in [1.807, 2.05) is 0 Å². The van der Waals surface area contributed by atoms with Gasteiger partial charge in [-0.25, -0.2) is 4.39 Å². The fraction of sp³-hybridized carbons (Fsp3) is 0.385. The van der Waals surface area contributed by atoms with Gasteiger partial charge in [0.05, 0.1) is 6.10 Å². The van der Waals surface area contributed by atoms with Crippen LogP contribution in [0.1, 0.15) is 24.8 Å². The maximum Gasteiger partial charge on any atom is 0.256 e. The molecule has 7 heteroatoms. The summed E-state index contributed by atoms with van der Waals surface area (Å²) in [5, 5.41) is 13.0. The molecule has 106 valence electrons. The van der Waals surface area contributed by atoms with Gasteiger partial charge in [-0.1, -0.05) is 5.16 Å². The maximum atomic E-state index is 13.3. The van der Waals surface area contributed by atoms with Crippen molar-refractivity contribution >= 4 is 0 Å². The van der Waals surface area contributed by atoms with Crippen LogP contribution < -0.4 is 5.73 Å². The Hall–Kier alpha value is -1.99. The summed E-state index contributed by atoms with van der Waals surface area (Å²) in [5.41, 5.74) is 5.98. The fourth-order valence-electron chi connectivity index (χ4n) is 2.19. The molecule has 0 radical (unpaired) electrons. The molecule has 0 spiro atoms. The lowest BCUT2D eigenvalue weighted by Gasteiger charge is -2.07. The topological polar surface area (TPSA) is 94.4 Å². The van der Waals surface area contributed by atoms with Crippen LogP contribution in [-0.2, 0) is 4.74 Å². The number of ether oxygens (including phenoxy) is 1. The third-order valence-corrected chi connectivity index (χ3v) is 3.29. The van der Waals surface area contributed by atoms with Gasteiger partial charge in [-0.15, -0.1) is 0 Å². The number of nitrogens with two attached hydrogens (primary N) is 1. The quantitative estimate of drug-likeness (QED) is 0.889. The number of hydrogen-bond acceptors (Lipinski definition) is 6. The Labute approximate surface area is 114 Å². The Bertz CT molecular complexity index is 617. The molecular formula is C13H14FN3O3. The number of benzene rings is 1. The lowest BCUT2D eigenvalue weighted by atomic mass is 10.2. The van der Waals surface area contributed by atoms with E-state index in [1.54, 1.807) is 0 Å². The predicted molar refractivity (Wildman–Crippen MR) is 67.3 cm³/mol. The number of hydrogen-bond donors (Lipinski definition) is 2. The summed E-state index contributed by atoms with van der Waals surface area (Å²) >= 11 is 0. The zero-order valence-electron chi connectivity index (χ0n) is 10.6. The summed E-state index contributed by atoms with van der Waals surface area (Å²) in [6.07, 6.45) is 1.38. The molecule has 0 amide bonds. The van der Waals surface area contributed by atoms with Crippen molar-refractivity contribution in [1.82, 2.24) is 10.1 Å². The highest BCUT2D eigenvalue weighted by Crippen LogP contribution is 2.32. The van der Waals surface area contributed by atoms with Crippen LogP contribution in [0.3, 0.4) is 0 Å². The largest absolute Gasteiger partial charge is 0.505 e. The van der Waals surface area contributed by atoms with Gasteiger partial charge < -0.3 is 20.1 Å². The average Bonchev–Trinajstić information content (AvgIpc) is 3.09. The number of rotatable bonds is 3. The van der Waals surface area contributed by atoms with Crippen LogP contribution in [0.25, 0.3) is 11.4 Å². The molecule has 2 atom stereocenters. The van der Waals surface area contributed by atoms with E-state index in [-0.39, 0.29) is 18.0 Å². The van der Waals surface area contributed by atoms with Crippen molar-refractivity contribution in [2.75, 3.05) is 6.54 Å². The monoisotopic (exact) mass is 279 g/mol. The molecule has 0 bridgehead atoms. The first kappa shape index (κ1) is 13.0. The molecule has 1 aromatic heterocycles. The van der Waals surface area contributed by atoms with Crippen molar-refractivity contribution in [3.05, 3.63) is 29.9 Å². The lowest BCUT2D eigenvalue weighted by molar-refractivity contribution is 0.0307. The average molecular weight is 279 g/mol. The van der Waals surface area contributed by atoms with Crippen molar-refractivity contribution in [2.45, 2.75) is 25.0 Å². The number of halogens is 1. The second kappa shape index (κ2) is 5.18. The third-order valence-electron chi connectivity index (χ3n) is 3.29. The van der Waals surface area contributed by atoms with E-state index >= 15 is 0 Å². The molecule has 3 rings (SSSR count). The van der Waals surface area contributed by atoms with Gasteiger partial charge in [-0.3, -0.25) is 0 Å². The number of phenolic OH excluding ortho intramolecular Hbond substituents is 1. The third kappa shape index (κ3) is 2.37. The van der Waals surface area contributed by atoms with E-state index in [0.29, 0.717) is 18.0 Å². The SMILES string of the molecule is NCC1CCC(c2nc(-c3ccc(O)c(F)c3)no2)O1. The van der Waals surface area contributed by atoms with Gasteiger partial charge in [0.15, 0.2) is 11.6 Å². The smallest absolute Gasteiger partial charge is 0.256 e. The summed E-state index contributed by atoms with van der Waals surface area (Å²) < 4.78 is 24.1. The molecule has 1 aromatic carbocycles. The van der Waals surface area contributed by atoms with Crippen molar-refractivity contribution in [1.29, 1.82) is 0 Å². The summed E-state index contributed by atoms with van der Waals surface area (Å²) in [4.78, 5) is 4.21. The highest BCUT2D eigenvalue weighted by molar-refractivity contribution is 5.55. The molecule has 1 fully saturated rings. The van der Waals surface area contributed by atoms with Crippen LogP contribution in [0.4, 0.5) is 4.39 Å². The first-order valence-electron chi connectivity index (χ1n) is 6.35. The van der Waals surface area contributed by atoms with Crippen molar-refractivity contribution < 1.29 is 18.8 Å². The molecule has 3 N–H and O–H groups in total. The highest BCUT2D eigenvalue weighted by atomic mass is 19.1. The summed E-state index contributed by atoms with van der Waals surface area (Å²) in [7, 11) is 0. The van der Waals surface area contributed by atoms with Crippen LogP contribution in [0.5, 0.6) is 5.75 Å². The van der Waals surface area contributed by atoms with Crippen LogP contribution >= 0.6 is 0 Å². The minimum absolute atomic E-state index is 0.0152. The Kier molecular flexibility index (Phi) is 3.37. The second-order valence-electron chi connectivity index (χ2n) is 4.68. The van der Waals surface area contributed by atoms with Crippen LogP contribution in [0, 0.1) is 5.82 Å². The van der Waals surface area contributed by atoms with E-state index < -0.39 is 11.6 Å². The second-order valence-corrected chi connectivity index (χ2v) is 4.68. The van der Waals surface area contributed by atoms with Gasteiger partial charge in [-0.2, -0.15) is 4.98 Å². The fourth-order valence-corrected chi connectivity index (χ4v) is 2.19. The molecular weight excluding hydrogens is 265 g/mol. The lowest BCUT2D eigenvalue weighted by Crippen LogP contribution is -2.18. The molecule has 2 aromatic rings. The van der Waals surface area contributed by atoms with Crippen molar-refractivity contribution in [3.8, 4) is 17.1 Å². The van der Waals surface area contributed by atoms with Gasteiger partial charge in [-0.05, 0) is 31.0 Å². The zero-order chi connectivity index (χ0) is 14.1. The Morgan fingerprint density at radius 2 is 2.25 bits per heavy atom. The van der Waals surface area contributed by atoms with Gasteiger partial charge in [0.1, 0.15) is 6.10 Å². The number of phenols is 1. The number of nitrogens with zero attached hydrogens (tertiary/aromatic N) is 2. The van der Waals surface area contributed by atoms with E-state index in [4.69, 9.17) is 20.1 Å². The van der Waals surface area contributed by atoms with Gasteiger partial charge in [0.2, 0.25) is 5.82 Å². The first-order valence-corrected chi connectivity index (χ1v) is 6.35. The maximum absolute atomic E-state index is 13.3. The molecule has 1 saturated heterocycles. The Morgan fingerprint density at radius 3 is 2.95 bits per heavy atom. The summed E-state index contributed by atoms with van der Waals surface area (Å²) in [5.74, 6) is -0.514. The van der Waals surface area contributed by atoms with Gasteiger partial charge in [0.25, 0.3) is 5.89 Å². The molecule has 20 heavy (non-hydrogen) atoms. The van der Waals surface area contributed by atoms with Crippen LogP contribution in [0.15, 0.2) is 22.7 Å². The summed E-state index contributed by atoms with van der Waals surface area (Å²) in [6.45, 7) is 0.459. The highest BCUT2D eigenvalue weighted by Gasteiger charge is 2.30. The number of aromatic nitrogens is 2. The predicted octanol–water partition coefficient (Wildman–Crippen LogP) is 1.76. The van der Waals surface area contributed by atoms with Crippen LogP contribution in [-0.4, -0.2) is 27.9 Å². The van der Waals surface area contributed by atoms with Crippen LogP contribution in [0.2, 0.25) is 0 Å². The normalized spacial score (nSPS) is 22.3. The Balaban J connectivity index is 1.81. The number of aromatic hydroxyl groups is 1. The molecule has 6 nitrogen and oxygen atoms in total. The molecule has 1 aliphatic rings. The van der Waals surface area contributed by atoms with E-state index in [9.17, 15) is 4.39 Å².